The van der Waals surface area contributed by atoms with Crippen LogP contribution in [0.5, 0.6) is 11.5 Å². The SMILES string of the molecule is Oc1ccc(C(=S)NNC(=Nc2ccccc2)c2ccccc2)c(O)c1. The number of para-hydroxylation sites is 1. The predicted molar refractivity (Wildman–Crippen MR) is 107 cm³/mol. The van der Waals surface area contributed by atoms with E-state index in [2.05, 4.69) is 15.8 Å². The van der Waals surface area contributed by atoms with E-state index >= 15 is 0 Å². The molecular weight excluding hydrogens is 346 g/mol. The Bertz CT molecular complexity index is 928. The third kappa shape index (κ3) is 4.37. The molecule has 0 unspecified atom stereocenters. The van der Waals surface area contributed by atoms with Crippen molar-refractivity contribution in [3.63, 3.8) is 0 Å². The van der Waals surface area contributed by atoms with Gasteiger partial charge >= 0.3 is 0 Å². The molecule has 0 aromatic heterocycles. The van der Waals surface area contributed by atoms with E-state index < -0.39 is 0 Å². The first-order valence-electron chi connectivity index (χ1n) is 7.91. The maximum absolute atomic E-state index is 9.93. The summed E-state index contributed by atoms with van der Waals surface area (Å²) in [6.07, 6.45) is 0. The van der Waals surface area contributed by atoms with Gasteiger partial charge in [0.2, 0.25) is 0 Å². The zero-order chi connectivity index (χ0) is 18.4. The molecule has 0 bridgehead atoms. The number of hydrogen-bond acceptors (Lipinski definition) is 4. The van der Waals surface area contributed by atoms with Gasteiger partial charge in [0.25, 0.3) is 0 Å². The van der Waals surface area contributed by atoms with Crippen molar-refractivity contribution in [2.24, 2.45) is 4.99 Å². The van der Waals surface area contributed by atoms with Crippen molar-refractivity contribution in [1.29, 1.82) is 0 Å². The number of rotatable bonds is 3. The van der Waals surface area contributed by atoms with Gasteiger partial charge in [0.15, 0.2) is 5.84 Å². The van der Waals surface area contributed by atoms with Crippen LogP contribution >= 0.6 is 12.2 Å². The van der Waals surface area contributed by atoms with Gasteiger partial charge in [-0.1, -0.05) is 60.7 Å². The Labute approximate surface area is 156 Å². The fourth-order valence-electron chi connectivity index (χ4n) is 2.29. The van der Waals surface area contributed by atoms with E-state index in [-0.39, 0.29) is 16.5 Å². The summed E-state index contributed by atoms with van der Waals surface area (Å²) >= 11 is 5.31. The first kappa shape index (κ1) is 17.4. The molecule has 0 atom stereocenters. The van der Waals surface area contributed by atoms with Crippen LogP contribution in [0.1, 0.15) is 11.1 Å². The second kappa shape index (κ2) is 8.13. The van der Waals surface area contributed by atoms with E-state index in [1.807, 2.05) is 60.7 Å². The van der Waals surface area contributed by atoms with Crippen molar-refractivity contribution < 1.29 is 10.2 Å². The highest BCUT2D eigenvalue weighted by atomic mass is 32.1. The Morgan fingerprint density at radius 2 is 1.46 bits per heavy atom. The Morgan fingerprint density at radius 3 is 2.12 bits per heavy atom. The molecule has 0 spiro atoms. The van der Waals surface area contributed by atoms with Gasteiger partial charge in [-0.05, 0) is 24.3 Å². The average Bonchev–Trinajstić information content (AvgIpc) is 2.66. The minimum Gasteiger partial charge on any atom is -0.508 e. The standard InChI is InChI=1S/C20H17N3O2S/c24-16-11-12-17(18(25)13-16)20(26)23-22-19(14-7-3-1-4-8-14)21-15-9-5-2-6-10-15/h1-13,24-25H,(H,21,22)(H,23,26). The lowest BCUT2D eigenvalue weighted by atomic mass is 10.2. The highest BCUT2D eigenvalue weighted by molar-refractivity contribution is 7.80. The molecule has 0 radical (unpaired) electrons. The van der Waals surface area contributed by atoms with E-state index in [0.29, 0.717) is 11.4 Å². The molecule has 3 aromatic carbocycles. The van der Waals surface area contributed by atoms with Crippen LogP contribution in [0.4, 0.5) is 5.69 Å². The molecule has 0 aliphatic rings. The van der Waals surface area contributed by atoms with Crippen molar-refractivity contribution in [3.05, 3.63) is 90.0 Å². The van der Waals surface area contributed by atoms with Crippen LogP contribution in [0, 0.1) is 0 Å². The Hall–Kier alpha value is -3.38. The molecular formula is C20H17N3O2S. The van der Waals surface area contributed by atoms with Gasteiger partial charge in [0.1, 0.15) is 16.5 Å². The minimum absolute atomic E-state index is 0.0300. The molecule has 5 nitrogen and oxygen atoms in total. The summed E-state index contributed by atoms with van der Waals surface area (Å²) in [7, 11) is 0. The number of hydrazine groups is 1. The number of nitrogens with zero attached hydrogens (tertiary/aromatic N) is 1. The van der Waals surface area contributed by atoms with Crippen molar-refractivity contribution in [2.75, 3.05) is 0 Å². The molecule has 0 amide bonds. The molecule has 6 heteroatoms. The molecule has 0 fully saturated rings. The highest BCUT2D eigenvalue weighted by Crippen LogP contribution is 2.22. The first-order valence-corrected chi connectivity index (χ1v) is 8.32. The largest absolute Gasteiger partial charge is 0.508 e. The van der Waals surface area contributed by atoms with Crippen molar-refractivity contribution in [2.45, 2.75) is 0 Å². The minimum atomic E-state index is -0.106. The molecule has 3 aromatic rings. The number of nitrogens with one attached hydrogen (secondary N) is 2. The monoisotopic (exact) mass is 363 g/mol. The summed E-state index contributed by atoms with van der Waals surface area (Å²) in [5.41, 5.74) is 7.96. The number of aliphatic imine (C=N–C) groups is 1. The highest BCUT2D eigenvalue weighted by Gasteiger charge is 2.09. The van der Waals surface area contributed by atoms with E-state index in [1.54, 1.807) is 0 Å². The fourth-order valence-corrected chi connectivity index (χ4v) is 2.51. The van der Waals surface area contributed by atoms with Crippen LogP contribution in [0.25, 0.3) is 0 Å². The van der Waals surface area contributed by atoms with E-state index in [9.17, 15) is 10.2 Å². The van der Waals surface area contributed by atoms with Gasteiger partial charge in [-0.15, -0.1) is 0 Å². The lowest BCUT2D eigenvalue weighted by Gasteiger charge is -2.14. The number of phenolic OH excluding ortho intramolecular Hbond substituents is 2. The molecule has 0 heterocycles. The van der Waals surface area contributed by atoms with Crippen molar-refractivity contribution in [1.82, 2.24) is 10.9 Å². The molecule has 130 valence electrons. The summed E-state index contributed by atoms with van der Waals surface area (Å²) in [6.45, 7) is 0. The van der Waals surface area contributed by atoms with E-state index in [4.69, 9.17) is 12.2 Å². The maximum atomic E-state index is 9.93. The smallest absolute Gasteiger partial charge is 0.152 e. The van der Waals surface area contributed by atoms with Crippen molar-refractivity contribution in [3.8, 4) is 11.5 Å². The second-order valence-electron chi connectivity index (χ2n) is 5.44. The normalized spacial score (nSPS) is 11.0. The number of benzene rings is 3. The molecule has 4 N–H and O–H groups in total. The molecule has 0 saturated heterocycles. The number of thiocarbonyl (C=S) groups is 1. The van der Waals surface area contributed by atoms with Gasteiger partial charge in [-0.3, -0.25) is 10.9 Å². The lowest BCUT2D eigenvalue weighted by molar-refractivity contribution is 0.449. The Kier molecular flexibility index (Phi) is 5.46. The summed E-state index contributed by atoms with van der Waals surface area (Å²) in [5.74, 6) is 0.445. The van der Waals surface area contributed by atoms with Gasteiger partial charge in [0, 0.05) is 11.6 Å². The van der Waals surface area contributed by atoms with Gasteiger partial charge in [-0.25, -0.2) is 4.99 Å². The van der Waals surface area contributed by atoms with Gasteiger partial charge < -0.3 is 10.2 Å². The van der Waals surface area contributed by atoms with Crippen LogP contribution in [0.2, 0.25) is 0 Å². The van der Waals surface area contributed by atoms with Crippen LogP contribution in [-0.2, 0) is 0 Å². The first-order chi connectivity index (χ1) is 12.6. The van der Waals surface area contributed by atoms with Crippen LogP contribution in [0.15, 0.2) is 83.9 Å². The third-order valence-electron chi connectivity index (χ3n) is 3.56. The van der Waals surface area contributed by atoms with Crippen molar-refractivity contribution >= 4 is 28.7 Å². The predicted octanol–water partition coefficient (Wildman–Crippen LogP) is 3.65. The fraction of sp³-hybridized carbons (Fsp3) is 0. The zero-order valence-corrected chi connectivity index (χ0v) is 14.6. The third-order valence-corrected chi connectivity index (χ3v) is 3.89. The number of hydrogen-bond donors (Lipinski definition) is 4. The lowest BCUT2D eigenvalue weighted by Crippen LogP contribution is -2.41. The Balaban J connectivity index is 1.82. The summed E-state index contributed by atoms with van der Waals surface area (Å²) < 4.78 is 0. The zero-order valence-electron chi connectivity index (χ0n) is 13.8. The van der Waals surface area contributed by atoms with Crippen LogP contribution < -0.4 is 10.9 Å². The number of aromatic hydroxyl groups is 2. The van der Waals surface area contributed by atoms with Crippen LogP contribution in [0.3, 0.4) is 0 Å². The average molecular weight is 363 g/mol. The van der Waals surface area contributed by atoms with E-state index in [0.717, 1.165) is 11.3 Å². The number of phenols is 2. The van der Waals surface area contributed by atoms with Gasteiger partial charge in [-0.2, -0.15) is 0 Å². The molecule has 0 aliphatic heterocycles. The summed E-state index contributed by atoms with van der Waals surface area (Å²) in [6, 6.07) is 23.4. The molecule has 0 saturated carbocycles. The summed E-state index contributed by atoms with van der Waals surface area (Å²) in [4.78, 5) is 4.89. The van der Waals surface area contributed by atoms with E-state index in [1.165, 1.54) is 18.2 Å². The Morgan fingerprint density at radius 1 is 0.808 bits per heavy atom. The molecule has 0 aliphatic carbocycles. The summed E-state index contributed by atoms with van der Waals surface area (Å²) in [5, 5.41) is 19.3. The maximum Gasteiger partial charge on any atom is 0.152 e. The second-order valence-corrected chi connectivity index (χ2v) is 5.85. The molecule has 26 heavy (non-hydrogen) atoms. The molecule has 3 rings (SSSR count). The topological polar surface area (TPSA) is 76.9 Å². The quantitative estimate of drug-likeness (QED) is 0.247. The van der Waals surface area contributed by atoms with Crippen LogP contribution in [-0.4, -0.2) is 21.0 Å². The van der Waals surface area contributed by atoms with Gasteiger partial charge in [0.05, 0.1) is 11.3 Å². The number of amidine groups is 1.